The number of benzene rings is 1. The quantitative estimate of drug-likeness (QED) is 0.375. The van der Waals surface area contributed by atoms with E-state index in [-0.39, 0.29) is 11.9 Å². The first-order valence-corrected chi connectivity index (χ1v) is 6.26. The lowest BCUT2D eigenvalue weighted by Crippen LogP contribution is -2.45. The molecule has 5 heteroatoms. The zero-order valence-corrected chi connectivity index (χ0v) is 10.7. The molecule has 19 heavy (non-hydrogen) atoms. The number of ether oxygens (including phenoxy) is 1. The van der Waals surface area contributed by atoms with Crippen LogP contribution in [0.25, 0.3) is 0 Å². The fraction of sp³-hybridized carbons (Fsp3) is 0.429. The Hall–Kier alpha value is -1.88. The van der Waals surface area contributed by atoms with Crippen LogP contribution in [0.5, 0.6) is 0 Å². The van der Waals surface area contributed by atoms with Crippen molar-refractivity contribution in [1.82, 2.24) is 0 Å². The zero-order chi connectivity index (χ0) is 13.9. The molecule has 1 aromatic rings. The maximum atomic E-state index is 11.5. The van der Waals surface area contributed by atoms with Crippen LogP contribution in [0.4, 0.5) is 0 Å². The summed E-state index contributed by atoms with van der Waals surface area (Å²) in [5, 5.41) is 21.8. The Morgan fingerprint density at radius 2 is 2.11 bits per heavy atom. The molecule has 1 aliphatic carbocycles. The summed E-state index contributed by atoms with van der Waals surface area (Å²) in [6.07, 6.45) is 2.09. The summed E-state index contributed by atoms with van der Waals surface area (Å²) >= 11 is 0. The Bertz CT molecular complexity index is 475. The van der Waals surface area contributed by atoms with Crippen LogP contribution in [-0.2, 0) is 15.1 Å². The molecule has 1 aromatic carbocycles. The highest BCUT2D eigenvalue weighted by Crippen LogP contribution is 2.46. The molecule has 1 aliphatic rings. The smallest absolute Gasteiger partial charge is 0.309 e. The number of rotatable bonds is 4. The average Bonchev–Trinajstić information content (AvgIpc) is 2.36. The number of aliphatic hydroxyl groups is 1. The molecule has 0 aromatic heterocycles. The van der Waals surface area contributed by atoms with Crippen LogP contribution in [0, 0.1) is 5.92 Å². The molecule has 2 rings (SSSR count). The third-order valence-electron chi connectivity index (χ3n) is 3.44. The van der Waals surface area contributed by atoms with Crippen LogP contribution in [0.3, 0.4) is 0 Å². The summed E-state index contributed by atoms with van der Waals surface area (Å²) in [6.45, 7) is 2.13. The molecule has 102 valence electrons. The minimum Gasteiger partial charge on any atom is -0.466 e. The topological polar surface area (TPSA) is 79.1 Å². The van der Waals surface area contributed by atoms with E-state index in [2.05, 4.69) is 5.16 Å². The van der Waals surface area contributed by atoms with Crippen molar-refractivity contribution in [2.75, 3.05) is 6.61 Å². The molecule has 0 radical (unpaired) electrons. The number of carbonyl (C=O) groups excluding carboxylic acids is 1. The number of oxime groups is 1. The monoisotopic (exact) mass is 263 g/mol. The van der Waals surface area contributed by atoms with E-state index in [1.165, 1.54) is 6.21 Å². The van der Waals surface area contributed by atoms with Crippen molar-refractivity contribution in [3.8, 4) is 0 Å². The van der Waals surface area contributed by atoms with E-state index < -0.39 is 5.60 Å². The lowest BCUT2D eigenvalue weighted by atomic mass is 9.67. The highest BCUT2D eigenvalue weighted by Gasteiger charge is 2.47. The zero-order valence-electron chi connectivity index (χ0n) is 10.7. The van der Waals surface area contributed by atoms with Crippen molar-refractivity contribution in [3.05, 3.63) is 35.4 Å². The molecule has 1 saturated carbocycles. The van der Waals surface area contributed by atoms with Gasteiger partial charge in [-0.2, -0.15) is 0 Å². The van der Waals surface area contributed by atoms with Gasteiger partial charge in [0.25, 0.3) is 0 Å². The third-order valence-corrected chi connectivity index (χ3v) is 3.44. The second-order valence-electron chi connectivity index (χ2n) is 4.76. The van der Waals surface area contributed by atoms with Crippen molar-refractivity contribution in [2.45, 2.75) is 25.4 Å². The van der Waals surface area contributed by atoms with Gasteiger partial charge < -0.3 is 15.1 Å². The first-order valence-electron chi connectivity index (χ1n) is 6.26. The van der Waals surface area contributed by atoms with Crippen molar-refractivity contribution in [3.63, 3.8) is 0 Å². The first kappa shape index (κ1) is 13.5. The minimum absolute atomic E-state index is 0.219. The Balaban J connectivity index is 2.01. The Morgan fingerprint density at radius 1 is 1.47 bits per heavy atom. The Labute approximate surface area is 111 Å². The Kier molecular flexibility index (Phi) is 3.85. The van der Waals surface area contributed by atoms with E-state index in [0.29, 0.717) is 19.4 Å². The van der Waals surface area contributed by atoms with Gasteiger partial charge in [0.15, 0.2) is 0 Å². The molecule has 0 aliphatic heterocycles. The van der Waals surface area contributed by atoms with Crippen LogP contribution in [0.1, 0.15) is 30.9 Å². The van der Waals surface area contributed by atoms with Crippen LogP contribution in [0.2, 0.25) is 0 Å². The normalized spacial score (nSPS) is 26.1. The summed E-state index contributed by atoms with van der Waals surface area (Å²) in [5.41, 5.74) is 0.561. The number of nitrogens with zero attached hydrogens (tertiary/aromatic N) is 1. The van der Waals surface area contributed by atoms with Crippen LogP contribution in [-0.4, -0.2) is 29.1 Å². The molecular weight excluding hydrogens is 246 g/mol. The van der Waals surface area contributed by atoms with Crippen LogP contribution in [0.15, 0.2) is 29.4 Å². The SMILES string of the molecule is CCOC(=O)C1CC(O)(c2ccc(/C=N\O)cc2)C1. The van der Waals surface area contributed by atoms with E-state index in [1.54, 1.807) is 31.2 Å². The van der Waals surface area contributed by atoms with Crippen LogP contribution >= 0.6 is 0 Å². The van der Waals surface area contributed by atoms with E-state index in [9.17, 15) is 9.90 Å². The molecule has 1 fully saturated rings. The predicted molar refractivity (Wildman–Crippen MR) is 69.1 cm³/mol. The van der Waals surface area contributed by atoms with Crippen molar-refractivity contribution in [1.29, 1.82) is 0 Å². The van der Waals surface area contributed by atoms with Gasteiger partial charge in [-0.05, 0) is 30.9 Å². The number of carbonyl (C=O) groups is 1. The average molecular weight is 263 g/mol. The summed E-state index contributed by atoms with van der Waals surface area (Å²) in [6, 6.07) is 7.06. The second kappa shape index (κ2) is 5.40. The van der Waals surface area contributed by atoms with E-state index in [0.717, 1.165) is 11.1 Å². The molecule has 0 unspecified atom stereocenters. The second-order valence-corrected chi connectivity index (χ2v) is 4.76. The lowest BCUT2D eigenvalue weighted by Gasteiger charge is -2.42. The lowest BCUT2D eigenvalue weighted by molar-refractivity contribution is -0.165. The molecule has 0 heterocycles. The molecule has 2 N–H and O–H groups in total. The highest BCUT2D eigenvalue weighted by atomic mass is 16.5. The molecule has 5 nitrogen and oxygen atoms in total. The van der Waals surface area contributed by atoms with Crippen molar-refractivity contribution in [2.24, 2.45) is 11.1 Å². The van der Waals surface area contributed by atoms with Crippen molar-refractivity contribution >= 4 is 12.2 Å². The summed E-state index contributed by atoms with van der Waals surface area (Å²) < 4.78 is 4.93. The molecule has 0 bridgehead atoms. The van der Waals surface area contributed by atoms with Gasteiger partial charge in [0.05, 0.1) is 24.3 Å². The molecule has 0 atom stereocenters. The number of hydrogen-bond donors (Lipinski definition) is 2. The minimum atomic E-state index is -0.952. The van der Waals surface area contributed by atoms with E-state index in [4.69, 9.17) is 9.94 Å². The van der Waals surface area contributed by atoms with Gasteiger partial charge in [0.2, 0.25) is 0 Å². The van der Waals surface area contributed by atoms with Gasteiger partial charge >= 0.3 is 5.97 Å². The summed E-state index contributed by atoms with van der Waals surface area (Å²) in [4.78, 5) is 11.5. The highest BCUT2D eigenvalue weighted by molar-refractivity contribution is 5.79. The standard InChI is InChI=1S/C14H17NO4/c1-2-19-13(16)11-7-14(17,8-11)12-5-3-10(4-6-12)9-15-18/h3-6,9,11,17-18H,2,7-8H2,1H3/b15-9-. The third kappa shape index (κ3) is 2.76. The number of hydrogen-bond acceptors (Lipinski definition) is 5. The fourth-order valence-electron chi connectivity index (χ4n) is 2.36. The maximum Gasteiger partial charge on any atom is 0.309 e. The summed E-state index contributed by atoms with van der Waals surface area (Å²) in [5.74, 6) is -0.458. The molecular formula is C14H17NO4. The molecule has 0 amide bonds. The maximum absolute atomic E-state index is 11.5. The number of esters is 1. The fourth-order valence-corrected chi connectivity index (χ4v) is 2.36. The van der Waals surface area contributed by atoms with Gasteiger partial charge in [-0.1, -0.05) is 29.4 Å². The summed E-state index contributed by atoms with van der Waals surface area (Å²) in [7, 11) is 0. The van der Waals surface area contributed by atoms with E-state index in [1.807, 2.05) is 0 Å². The van der Waals surface area contributed by atoms with Gasteiger partial charge in [-0.3, -0.25) is 4.79 Å². The molecule has 0 saturated heterocycles. The predicted octanol–water partition coefficient (Wildman–Crippen LogP) is 1.66. The van der Waals surface area contributed by atoms with Gasteiger partial charge in [-0.25, -0.2) is 0 Å². The van der Waals surface area contributed by atoms with Gasteiger partial charge in [-0.15, -0.1) is 0 Å². The Morgan fingerprint density at radius 3 is 2.63 bits per heavy atom. The van der Waals surface area contributed by atoms with Gasteiger partial charge in [0.1, 0.15) is 0 Å². The van der Waals surface area contributed by atoms with Crippen molar-refractivity contribution < 1.29 is 19.8 Å². The largest absolute Gasteiger partial charge is 0.466 e. The van der Waals surface area contributed by atoms with E-state index >= 15 is 0 Å². The molecule has 0 spiro atoms. The van der Waals surface area contributed by atoms with Crippen LogP contribution < -0.4 is 0 Å². The first-order chi connectivity index (χ1) is 9.09. The van der Waals surface area contributed by atoms with Gasteiger partial charge in [0, 0.05) is 0 Å².